The third-order valence-electron chi connectivity index (χ3n) is 4.01. The van der Waals surface area contributed by atoms with E-state index in [1.54, 1.807) is 6.07 Å². The summed E-state index contributed by atoms with van der Waals surface area (Å²) in [5, 5.41) is 23.3. The number of phenols is 1. The number of furan rings is 1. The van der Waals surface area contributed by atoms with Crippen LogP contribution in [0.25, 0.3) is 11.0 Å². The highest BCUT2D eigenvalue weighted by molar-refractivity contribution is 5.94. The van der Waals surface area contributed by atoms with E-state index in [-0.39, 0.29) is 29.3 Å². The van der Waals surface area contributed by atoms with E-state index in [2.05, 4.69) is 5.32 Å². The van der Waals surface area contributed by atoms with Crippen molar-refractivity contribution in [2.45, 2.75) is 6.42 Å². The highest BCUT2D eigenvalue weighted by Gasteiger charge is 2.16. The maximum absolute atomic E-state index is 12.0. The van der Waals surface area contributed by atoms with Gasteiger partial charge in [0.15, 0.2) is 6.61 Å². The van der Waals surface area contributed by atoms with E-state index in [9.17, 15) is 24.8 Å². The van der Waals surface area contributed by atoms with Crippen LogP contribution in [0.5, 0.6) is 11.5 Å². The molecule has 0 aliphatic heterocycles. The Balaban J connectivity index is 1.57. The number of nitrogens with zero attached hydrogens (tertiary/aromatic N) is 1. The highest BCUT2D eigenvalue weighted by atomic mass is 16.6. The fourth-order valence-corrected chi connectivity index (χ4v) is 2.64. The molecular weight excluding hydrogens is 384 g/mol. The van der Waals surface area contributed by atoms with Gasteiger partial charge in [0, 0.05) is 23.1 Å². The lowest BCUT2D eigenvalue weighted by molar-refractivity contribution is -0.384. The van der Waals surface area contributed by atoms with Gasteiger partial charge in [-0.3, -0.25) is 19.7 Å². The number of carbonyl (C=O) groups is 2. The van der Waals surface area contributed by atoms with Gasteiger partial charge in [0.05, 0.1) is 36.5 Å². The molecule has 0 fully saturated rings. The summed E-state index contributed by atoms with van der Waals surface area (Å²) in [5.41, 5.74) is 1.00. The Morgan fingerprint density at radius 3 is 2.76 bits per heavy atom. The van der Waals surface area contributed by atoms with Crippen LogP contribution in [0.1, 0.15) is 5.56 Å². The number of non-ortho nitro benzene ring substituents is 1. The molecule has 1 heterocycles. The number of aromatic hydroxyl groups is 1. The number of rotatable bonds is 7. The number of anilines is 1. The van der Waals surface area contributed by atoms with Crippen LogP contribution in [0.3, 0.4) is 0 Å². The summed E-state index contributed by atoms with van der Waals surface area (Å²) >= 11 is 0. The fourth-order valence-electron chi connectivity index (χ4n) is 2.64. The van der Waals surface area contributed by atoms with Crippen molar-refractivity contribution in [1.82, 2.24) is 0 Å². The van der Waals surface area contributed by atoms with Crippen LogP contribution in [0.4, 0.5) is 11.4 Å². The Morgan fingerprint density at radius 2 is 2.03 bits per heavy atom. The fraction of sp³-hybridized carbons (Fsp3) is 0.158. The maximum Gasteiger partial charge on any atom is 0.310 e. The van der Waals surface area contributed by atoms with E-state index in [1.807, 2.05) is 0 Å². The molecule has 3 aromatic rings. The summed E-state index contributed by atoms with van der Waals surface area (Å²) in [6.07, 6.45) is 1.26. The third kappa shape index (κ3) is 4.61. The third-order valence-corrected chi connectivity index (χ3v) is 4.01. The van der Waals surface area contributed by atoms with Gasteiger partial charge in [-0.1, -0.05) is 0 Å². The molecule has 0 bridgehead atoms. The molecule has 0 atom stereocenters. The average molecular weight is 400 g/mol. The molecule has 2 N–H and O–H groups in total. The zero-order valence-corrected chi connectivity index (χ0v) is 15.2. The summed E-state index contributed by atoms with van der Waals surface area (Å²) in [5.74, 6) is -1.13. The van der Waals surface area contributed by atoms with Gasteiger partial charge in [-0.2, -0.15) is 0 Å². The van der Waals surface area contributed by atoms with Crippen LogP contribution in [0.2, 0.25) is 0 Å². The first kappa shape index (κ1) is 19.7. The smallest absolute Gasteiger partial charge is 0.310 e. The van der Waals surface area contributed by atoms with Gasteiger partial charge in [0.1, 0.15) is 17.1 Å². The number of fused-ring (bicyclic) bond motifs is 1. The van der Waals surface area contributed by atoms with Crippen molar-refractivity contribution in [2.75, 3.05) is 19.0 Å². The number of hydrogen-bond donors (Lipinski definition) is 2. The van der Waals surface area contributed by atoms with E-state index in [1.165, 1.54) is 43.7 Å². The van der Waals surface area contributed by atoms with Crippen molar-refractivity contribution in [2.24, 2.45) is 0 Å². The molecule has 0 spiro atoms. The molecular formula is C19H16N2O8. The van der Waals surface area contributed by atoms with Gasteiger partial charge < -0.3 is 24.3 Å². The molecule has 0 unspecified atom stereocenters. The molecule has 1 amide bonds. The number of ether oxygens (including phenoxy) is 2. The second-order valence-corrected chi connectivity index (χ2v) is 5.97. The van der Waals surface area contributed by atoms with Gasteiger partial charge in [-0.25, -0.2) is 0 Å². The zero-order chi connectivity index (χ0) is 21.0. The minimum atomic E-state index is -0.647. The Bertz CT molecular complexity index is 1090. The Kier molecular flexibility index (Phi) is 5.63. The maximum atomic E-state index is 12.0. The molecule has 0 aliphatic carbocycles. The first-order chi connectivity index (χ1) is 13.9. The number of methoxy groups -OCH3 is 1. The van der Waals surface area contributed by atoms with Crippen molar-refractivity contribution in [3.05, 3.63) is 58.3 Å². The lowest BCUT2D eigenvalue weighted by atomic mass is 10.1. The standard InChI is InChI=1S/C19H16N2O8/c1-27-17-7-12(21(25)26)2-5-15(17)20-18(23)10-29-19(24)6-11-9-28-16-8-13(22)3-4-14(11)16/h2-5,7-9,22H,6,10H2,1H3,(H,20,23). The van der Waals surface area contributed by atoms with Crippen molar-refractivity contribution in [3.63, 3.8) is 0 Å². The van der Waals surface area contributed by atoms with Gasteiger partial charge in [-0.15, -0.1) is 0 Å². The van der Waals surface area contributed by atoms with Crippen LogP contribution >= 0.6 is 0 Å². The average Bonchev–Trinajstić information content (AvgIpc) is 3.08. The first-order valence-corrected chi connectivity index (χ1v) is 8.34. The largest absolute Gasteiger partial charge is 0.508 e. The van der Waals surface area contributed by atoms with Crippen LogP contribution < -0.4 is 10.1 Å². The monoisotopic (exact) mass is 400 g/mol. The molecule has 10 heteroatoms. The van der Waals surface area contributed by atoms with E-state index >= 15 is 0 Å². The number of nitrogens with one attached hydrogen (secondary N) is 1. The number of carbonyl (C=O) groups excluding carboxylic acids is 2. The molecule has 150 valence electrons. The second kappa shape index (κ2) is 8.30. The van der Waals surface area contributed by atoms with Gasteiger partial charge in [0.2, 0.25) is 0 Å². The molecule has 3 rings (SSSR count). The summed E-state index contributed by atoms with van der Waals surface area (Å²) in [6.45, 7) is -0.546. The Hall–Kier alpha value is -4.08. The molecule has 0 saturated heterocycles. The van der Waals surface area contributed by atoms with Crippen molar-refractivity contribution in [3.8, 4) is 11.5 Å². The number of hydrogen-bond acceptors (Lipinski definition) is 8. The van der Waals surface area contributed by atoms with Crippen LogP contribution in [0.15, 0.2) is 47.1 Å². The highest BCUT2D eigenvalue weighted by Crippen LogP contribution is 2.29. The van der Waals surface area contributed by atoms with E-state index < -0.39 is 23.4 Å². The molecule has 2 aromatic carbocycles. The summed E-state index contributed by atoms with van der Waals surface area (Å²) in [4.78, 5) is 34.3. The quantitative estimate of drug-likeness (QED) is 0.350. The summed E-state index contributed by atoms with van der Waals surface area (Å²) < 4.78 is 15.3. The SMILES string of the molecule is COc1cc([N+](=O)[O-])ccc1NC(=O)COC(=O)Cc1coc2cc(O)ccc12. The number of nitro benzene ring substituents is 1. The second-order valence-electron chi connectivity index (χ2n) is 5.97. The first-order valence-electron chi connectivity index (χ1n) is 8.34. The molecule has 10 nitrogen and oxygen atoms in total. The Morgan fingerprint density at radius 1 is 1.24 bits per heavy atom. The van der Waals surface area contributed by atoms with Crippen LogP contribution in [0, 0.1) is 10.1 Å². The molecule has 0 saturated carbocycles. The topological polar surface area (TPSA) is 141 Å². The zero-order valence-electron chi connectivity index (χ0n) is 15.2. The Labute approximate surface area is 163 Å². The number of benzene rings is 2. The van der Waals surface area contributed by atoms with E-state index in [4.69, 9.17) is 13.9 Å². The minimum Gasteiger partial charge on any atom is -0.508 e. The predicted molar refractivity (Wildman–Crippen MR) is 101 cm³/mol. The number of nitro groups is 1. The normalized spacial score (nSPS) is 10.5. The van der Waals surface area contributed by atoms with E-state index in [0.29, 0.717) is 16.5 Å². The lowest BCUT2D eigenvalue weighted by Gasteiger charge is -2.10. The minimum absolute atomic E-state index is 0.0410. The lowest BCUT2D eigenvalue weighted by Crippen LogP contribution is -2.21. The molecule has 0 aliphatic rings. The number of amides is 1. The number of phenolic OH excluding ortho intramolecular Hbond substituents is 1. The van der Waals surface area contributed by atoms with Crippen molar-refractivity contribution < 1.29 is 33.5 Å². The van der Waals surface area contributed by atoms with Gasteiger partial charge >= 0.3 is 5.97 Å². The molecule has 0 radical (unpaired) electrons. The van der Waals surface area contributed by atoms with Gasteiger partial charge in [0.25, 0.3) is 11.6 Å². The van der Waals surface area contributed by atoms with Crippen molar-refractivity contribution in [1.29, 1.82) is 0 Å². The van der Waals surface area contributed by atoms with E-state index in [0.717, 1.165) is 0 Å². The predicted octanol–water partition coefficient (Wildman–Crippen LogP) is 2.78. The van der Waals surface area contributed by atoms with Crippen LogP contribution in [-0.2, 0) is 20.7 Å². The van der Waals surface area contributed by atoms with Gasteiger partial charge in [-0.05, 0) is 18.2 Å². The molecule has 29 heavy (non-hydrogen) atoms. The van der Waals surface area contributed by atoms with Crippen molar-refractivity contribution >= 4 is 34.2 Å². The summed E-state index contributed by atoms with van der Waals surface area (Å²) in [6, 6.07) is 8.22. The summed E-state index contributed by atoms with van der Waals surface area (Å²) in [7, 11) is 1.31. The van der Waals surface area contributed by atoms with Crippen LogP contribution in [-0.4, -0.2) is 35.6 Å². The number of esters is 1. The molecule has 1 aromatic heterocycles.